The molecule has 0 saturated carbocycles. The molecule has 6 heteroatoms. The van der Waals surface area contributed by atoms with Gasteiger partial charge < -0.3 is 14.6 Å². The Morgan fingerprint density at radius 1 is 1.30 bits per heavy atom. The predicted molar refractivity (Wildman–Crippen MR) is 83.8 cm³/mol. The van der Waals surface area contributed by atoms with Gasteiger partial charge in [-0.3, -0.25) is 4.79 Å². The average Bonchev–Trinajstić information content (AvgIpc) is 3.24. The zero-order chi connectivity index (χ0) is 15.9. The number of carbonyl (C=O) groups excluding carboxylic acids is 1. The first-order valence-corrected chi connectivity index (χ1v) is 7.99. The fourth-order valence-corrected chi connectivity index (χ4v) is 2.55. The van der Waals surface area contributed by atoms with Crippen LogP contribution in [0, 0.1) is 5.92 Å². The zero-order valence-corrected chi connectivity index (χ0v) is 13.0. The second-order valence-electron chi connectivity index (χ2n) is 5.80. The maximum absolute atomic E-state index is 11.8. The molecule has 1 N–H and O–H groups in total. The Kier molecular flexibility index (Phi) is 5.37. The molecule has 0 spiro atoms. The molecule has 1 amide bonds. The molecule has 0 unspecified atom stereocenters. The minimum atomic E-state index is 0.0136. The van der Waals surface area contributed by atoms with Crippen LogP contribution in [-0.4, -0.2) is 35.8 Å². The average molecular weight is 315 g/mol. The van der Waals surface area contributed by atoms with E-state index in [1.807, 2.05) is 30.3 Å². The summed E-state index contributed by atoms with van der Waals surface area (Å²) in [4.78, 5) is 16.2. The summed E-state index contributed by atoms with van der Waals surface area (Å²) in [6, 6.07) is 9.99. The lowest BCUT2D eigenvalue weighted by Crippen LogP contribution is -2.29. The van der Waals surface area contributed by atoms with Crippen molar-refractivity contribution in [2.75, 3.05) is 19.8 Å². The summed E-state index contributed by atoms with van der Waals surface area (Å²) in [5.74, 6) is 1.62. The Labute approximate surface area is 135 Å². The van der Waals surface area contributed by atoms with E-state index in [-0.39, 0.29) is 5.91 Å². The van der Waals surface area contributed by atoms with Crippen LogP contribution in [0.2, 0.25) is 0 Å². The molecule has 3 rings (SSSR count). The van der Waals surface area contributed by atoms with E-state index in [9.17, 15) is 4.79 Å². The van der Waals surface area contributed by atoms with Gasteiger partial charge in [-0.25, -0.2) is 0 Å². The van der Waals surface area contributed by atoms with Crippen LogP contribution in [-0.2, 0) is 22.4 Å². The summed E-state index contributed by atoms with van der Waals surface area (Å²) < 4.78 is 10.5. The van der Waals surface area contributed by atoms with E-state index in [0.29, 0.717) is 43.4 Å². The molecule has 1 aliphatic rings. The molecule has 2 aromatic rings. The molecule has 0 bridgehead atoms. The van der Waals surface area contributed by atoms with Gasteiger partial charge in [-0.05, 0) is 12.0 Å². The van der Waals surface area contributed by atoms with E-state index in [0.717, 1.165) is 25.2 Å². The van der Waals surface area contributed by atoms with Gasteiger partial charge >= 0.3 is 0 Å². The van der Waals surface area contributed by atoms with E-state index in [4.69, 9.17) is 9.26 Å². The van der Waals surface area contributed by atoms with Crippen molar-refractivity contribution in [2.24, 2.45) is 5.92 Å². The Balaban J connectivity index is 1.41. The first kappa shape index (κ1) is 15.7. The van der Waals surface area contributed by atoms with Crippen molar-refractivity contribution in [3.8, 4) is 0 Å². The molecular formula is C17H21N3O3. The largest absolute Gasteiger partial charge is 0.381 e. The van der Waals surface area contributed by atoms with E-state index in [2.05, 4.69) is 15.5 Å². The lowest BCUT2D eigenvalue weighted by molar-refractivity contribution is -0.121. The first-order chi connectivity index (χ1) is 11.3. The number of aromatic nitrogens is 2. The summed E-state index contributed by atoms with van der Waals surface area (Å²) >= 11 is 0. The second kappa shape index (κ2) is 7.87. The second-order valence-corrected chi connectivity index (χ2v) is 5.80. The number of aryl methyl sites for hydroxylation is 1. The molecular weight excluding hydrogens is 294 g/mol. The maximum atomic E-state index is 11.8. The number of hydrogen-bond acceptors (Lipinski definition) is 5. The third-order valence-electron chi connectivity index (χ3n) is 3.89. The SMILES string of the molecule is O=C(CCc1nc(Cc2ccccc2)no1)NC[C@H]1CCOC1. The van der Waals surface area contributed by atoms with Crippen LogP contribution < -0.4 is 5.32 Å². The highest BCUT2D eigenvalue weighted by Gasteiger charge is 2.16. The van der Waals surface area contributed by atoms with Gasteiger partial charge in [-0.2, -0.15) is 4.98 Å². The Morgan fingerprint density at radius 3 is 2.96 bits per heavy atom. The van der Waals surface area contributed by atoms with Crippen LogP contribution in [0.25, 0.3) is 0 Å². The molecule has 0 radical (unpaired) electrons. The first-order valence-electron chi connectivity index (χ1n) is 7.99. The van der Waals surface area contributed by atoms with Crippen molar-refractivity contribution in [2.45, 2.75) is 25.7 Å². The Bertz CT molecular complexity index is 621. The van der Waals surface area contributed by atoms with Crippen molar-refractivity contribution in [3.63, 3.8) is 0 Å². The van der Waals surface area contributed by atoms with Crippen molar-refractivity contribution in [3.05, 3.63) is 47.6 Å². The zero-order valence-electron chi connectivity index (χ0n) is 13.0. The summed E-state index contributed by atoms with van der Waals surface area (Å²) in [5.41, 5.74) is 1.14. The molecule has 1 aromatic heterocycles. The third-order valence-corrected chi connectivity index (χ3v) is 3.89. The molecule has 23 heavy (non-hydrogen) atoms. The number of hydrogen-bond donors (Lipinski definition) is 1. The van der Waals surface area contributed by atoms with Gasteiger partial charge in [0.1, 0.15) is 0 Å². The van der Waals surface area contributed by atoms with Gasteiger partial charge in [0.05, 0.1) is 6.61 Å². The summed E-state index contributed by atoms with van der Waals surface area (Å²) in [5, 5.41) is 6.90. The quantitative estimate of drug-likeness (QED) is 0.842. The van der Waals surface area contributed by atoms with E-state index in [1.54, 1.807) is 0 Å². The lowest BCUT2D eigenvalue weighted by Gasteiger charge is -2.08. The monoisotopic (exact) mass is 315 g/mol. The highest BCUT2D eigenvalue weighted by Crippen LogP contribution is 2.11. The number of ether oxygens (including phenoxy) is 1. The summed E-state index contributed by atoms with van der Waals surface area (Å²) in [6.07, 6.45) is 2.49. The number of nitrogens with one attached hydrogen (secondary N) is 1. The molecule has 122 valence electrons. The van der Waals surface area contributed by atoms with Gasteiger partial charge in [-0.15, -0.1) is 0 Å². The van der Waals surface area contributed by atoms with Crippen molar-refractivity contribution >= 4 is 5.91 Å². The van der Waals surface area contributed by atoms with Gasteiger partial charge in [0, 0.05) is 38.3 Å². The van der Waals surface area contributed by atoms with Crippen molar-refractivity contribution in [1.29, 1.82) is 0 Å². The summed E-state index contributed by atoms with van der Waals surface area (Å²) in [6.45, 7) is 2.22. The molecule has 1 aliphatic heterocycles. The van der Waals surface area contributed by atoms with E-state index in [1.165, 1.54) is 0 Å². The number of nitrogens with zero attached hydrogens (tertiary/aromatic N) is 2. The van der Waals surface area contributed by atoms with E-state index < -0.39 is 0 Å². The molecule has 1 aromatic carbocycles. The number of amides is 1. The molecule has 0 aliphatic carbocycles. The predicted octanol–water partition coefficient (Wildman–Crippen LogP) is 1.75. The molecule has 1 fully saturated rings. The number of rotatable bonds is 7. The highest BCUT2D eigenvalue weighted by molar-refractivity contribution is 5.75. The Hall–Kier alpha value is -2.21. The normalized spacial score (nSPS) is 17.3. The van der Waals surface area contributed by atoms with Crippen molar-refractivity contribution < 1.29 is 14.1 Å². The van der Waals surface area contributed by atoms with Gasteiger partial charge in [0.2, 0.25) is 11.8 Å². The molecule has 1 saturated heterocycles. The minimum Gasteiger partial charge on any atom is -0.381 e. The fourth-order valence-electron chi connectivity index (χ4n) is 2.55. The van der Waals surface area contributed by atoms with Gasteiger partial charge in [-0.1, -0.05) is 35.5 Å². The lowest BCUT2D eigenvalue weighted by atomic mass is 10.1. The van der Waals surface area contributed by atoms with Crippen LogP contribution in [0.1, 0.15) is 30.1 Å². The smallest absolute Gasteiger partial charge is 0.227 e. The topological polar surface area (TPSA) is 77.2 Å². The molecule has 2 heterocycles. The Morgan fingerprint density at radius 2 is 2.17 bits per heavy atom. The van der Waals surface area contributed by atoms with Crippen LogP contribution in [0.15, 0.2) is 34.9 Å². The van der Waals surface area contributed by atoms with Gasteiger partial charge in [0.15, 0.2) is 5.82 Å². The van der Waals surface area contributed by atoms with Crippen LogP contribution in [0.5, 0.6) is 0 Å². The minimum absolute atomic E-state index is 0.0136. The number of carbonyl (C=O) groups is 1. The third kappa shape index (κ3) is 4.89. The van der Waals surface area contributed by atoms with Crippen LogP contribution >= 0.6 is 0 Å². The molecule has 1 atom stereocenters. The van der Waals surface area contributed by atoms with Crippen molar-refractivity contribution in [1.82, 2.24) is 15.5 Å². The van der Waals surface area contributed by atoms with E-state index >= 15 is 0 Å². The highest BCUT2D eigenvalue weighted by atomic mass is 16.5. The fraction of sp³-hybridized carbons (Fsp3) is 0.471. The van der Waals surface area contributed by atoms with Gasteiger partial charge in [0.25, 0.3) is 0 Å². The number of benzene rings is 1. The standard InChI is InChI=1S/C17H21N3O3/c21-16(18-11-14-8-9-22-12-14)6-7-17-19-15(20-23-17)10-13-4-2-1-3-5-13/h1-5,14H,6-12H2,(H,18,21)/t14-/m1/s1. The van der Waals surface area contributed by atoms with Crippen LogP contribution in [0.4, 0.5) is 0 Å². The summed E-state index contributed by atoms with van der Waals surface area (Å²) in [7, 11) is 0. The molecule has 6 nitrogen and oxygen atoms in total. The van der Waals surface area contributed by atoms with Crippen LogP contribution in [0.3, 0.4) is 0 Å². The maximum Gasteiger partial charge on any atom is 0.227 e.